The summed E-state index contributed by atoms with van der Waals surface area (Å²) >= 11 is 1.22. The zero-order valence-corrected chi connectivity index (χ0v) is 19.0. The van der Waals surface area contributed by atoms with Gasteiger partial charge < -0.3 is 9.84 Å². The van der Waals surface area contributed by atoms with E-state index in [4.69, 9.17) is 4.74 Å². The van der Waals surface area contributed by atoms with Crippen LogP contribution in [0, 0.1) is 6.92 Å². The molecular weight excluding hydrogens is 426 g/mol. The van der Waals surface area contributed by atoms with Crippen molar-refractivity contribution in [2.75, 3.05) is 12.0 Å². The molecule has 0 radical (unpaired) electrons. The van der Waals surface area contributed by atoms with Gasteiger partial charge in [-0.1, -0.05) is 49.4 Å². The molecule has 2 heterocycles. The lowest BCUT2D eigenvalue weighted by Crippen LogP contribution is -2.29. The summed E-state index contributed by atoms with van der Waals surface area (Å²) in [6.45, 7) is 5.96. The Morgan fingerprint density at radius 1 is 1.06 bits per heavy atom. The normalized spacial score (nSPS) is 17.9. The van der Waals surface area contributed by atoms with Gasteiger partial charge in [0.25, 0.3) is 5.78 Å². The van der Waals surface area contributed by atoms with Crippen LogP contribution < -0.4 is 9.64 Å². The van der Waals surface area contributed by atoms with Crippen LogP contribution in [0.25, 0.3) is 5.76 Å². The number of aliphatic hydroxyl groups is 1. The minimum Gasteiger partial charge on any atom is -0.507 e. The molecule has 1 amide bonds. The number of carbonyl (C=O) groups is 2. The number of anilines is 1. The summed E-state index contributed by atoms with van der Waals surface area (Å²) in [4.78, 5) is 27.5. The van der Waals surface area contributed by atoms with Gasteiger partial charge in [-0.2, -0.15) is 0 Å². The summed E-state index contributed by atoms with van der Waals surface area (Å²) in [6, 6.07) is 13.6. The SMILES string of the molecule is COc1ccc(C(O)=C2C(=O)C(=O)N(c3nnc(C)s3)C2c2ccc(C(C)C)cc2)cc1. The second-order valence-corrected chi connectivity index (χ2v) is 8.98. The molecule has 1 aromatic heterocycles. The van der Waals surface area contributed by atoms with Gasteiger partial charge in [-0.3, -0.25) is 14.5 Å². The van der Waals surface area contributed by atoms with Crippen molar-refractivity contribution in [3.63, 3.8) is 0 Å². The lowest BCUT2D eigenvalue weighted by Gasteiger charge is -2.23. The molecule has 2 aromatic carbocycles. The number of Topliss-reactive ketones (excluding diaryl/α,β-unsaturated/α-hetero) is 1. The number of aryl methyl sites for hydroxylation is 1. The molecule has 1 saturated heterocycles. The van der Waals surface area contributed by atoms with Crippen LogP contribution in [0.3, 0.4) is 0 Å². The van der Waals surface area contributed by atoms with Gasteiger partial charge in [-0.15, -0.1) is 10.2 Å². The molecule has 1 aliphatic rings. The number of benzene rings is 2. The number of carbonyl (C=O) groups excluding carboxylic acids is 2. The molecule has 0 aliphatic carbocycles. The van der Waals surface area contributed by atoms with Gasteiger partial charge >= 0.3 is 5.91 Å². The highest BCUT2D eigenvalue weighted by Crippen LogP contribution is 2.43. The van der Waals surface area contributed by atoms with Gasteiger partial charge in [0.15, 0.2) is 0 Å². The molecule has 1 aliphatic heterocycles. The average Bonchev–Trinajstić information content (AvgIpc) is 3.34. The van der Waals surface area contributed by atoms with Crippen LogP contribution in [0.1, 0.15) is 47.5 Å². The van der Waals surface area contributed by atoms with Crippen LogP contribution in [-0.2, 0) is 9.59 Å². The smallest absolute Gasteiger partial charge is 0.301 e. The average molecular weight is 450 g/mol. The maximum atomic E-state index is 13.1. The first-order chi connectivity index (χ1) is 15.3. The van der Waals surface area contributed by atoms with Crippen LogP contribution in [0.2, 0.25) is 0 Å². The third-order valence-electron chi connectivity index (χ3n) is 5.45. The van der Waals surface area contributed by atoms with E-state index in [-0.39, 0.29) is 11.3 Å². The minimum absolute atomic E-state index is 0.0188. The maximum Gasteiger partial charge on any atom is 0.301 e. The van der Waals surface area contributed by atoms with Gasteiger partial charge in [-0.25, -0.2) is 0 Å². The van der Waals surface area contributed by atoms with E-state index >= 15 is 0 Å². The Hall–Kier alpha value is -3.52. The lowest BCUT2D eigenvalue weighted by molar-refractivity contribution is -0.132. The number of ether oxygens (including phenoxy) is 1. The lowest BCUT2D eigenvalue weighted by atomic mass is 9.93. The van der Waals surface area contributed by atoms with E-state index in [2.05, 4.69) is 24.0 Å². The van der Waals surface area contributed by atoms with Gasteiger partial charge in [0.2, 0.25) is 5.13 Å². The molecule has 8 heteroatoms. The minimum atomic E-state index is -0.814. The molecule has 1 N–H and O–H groups in total. The number of methoxy groups -OCH3 is 1. The quantitative estimate of drug-likeness (QED) is 0.348. The first-order valence-electron chi connectivity index (χ1n) is 10.2. The Balaban J connectivity index is 1.89. The topological polar surface area (TPSA) is 92.6 Å². The number of nitrogens with zero attached hydrogens (tertiary/aromatic N) is 3. The first kappa shape index (κ1) is 21.7. The van der Waals surface area contributed by atoms with E-state index in [1.165, 1.54) is 16.2 Å². The van der Waals surface area contributed by atoms with Gasteiger partial charge in [0, 0.05) is 5.56 Å². The molecule has 0 spiro atoms. The Kier molecular flexibility index (Phi) is 5.80. The van der Waals surface area contributed by atoms with Crippen molar-refractivity contribution in [2.45, 2.75) is 32.7 Å². The molecule has 32 heavy (non-hydrogen) atoms. The zero-order chi connectivity index (χ0) is 23.0. The second kappa shape index (κ2) is 8.55. The summed E-state index contributed by atoms with van der Waals surface area (Å²) < 4.78 is 5.17. The molecule has 0 bridgehead atoms. The van der Waals surface area contributed by atoms with Crippen molar-refractivity contribution < 1.29 is 19.4 Å². The number of rotatable bonds is 5. The van der Waals surface area contributed by atoms with Crippen molar-refractivity contribution in [1.82, 2.24) is 10.2 Å². The molecule has 1 unspecified atom stereocenters. The summed E-state index contributed by atoms with van der Waals surface area (Å²) in [5.74, 6) is -0.793. The van der Waals surface area contributed by atoms with Gasteiger partial charge in [0.05, 0.1) is 18.7 Å². The Morgan fingerprint density at radius 2 is 1.72 bits per heavy atom. The largest absolute Gasteiger partial charge is 0.507 e. The maximum absolute atomic E-state index is 13.1. The van der Waals surface area contributed by atoms with Crippen molar-refractivity contribution in [2.24, 2.45) is 0 Å². The number of hydrogen-bond donors (Lipinski definition) is 1. The standard InChI is InChI=1S/C24H23N3O4S/c1-13(2)15-5-7-16(8-6-15)20-19(21(28)17-9-11-18(31-4)12-10-17)22(29)23(30)27(20)24-26-25-14(3)32-24/h5-13,20,28H,1-4H3. The second-order valence-electron chi connectivity index (χ2n) is 7.82. The van der Waals surface area contributed by atoms with Crippen LogP contribution in [0.15, 0.2) is 54.1 Å². The highest BCUT2D eigenvalue weighted by atomic mass is 32.1. The molecular formula is C24H23N3O4S. The van der Waals surface area contributed by atoms with E-state index in [1.807, 2.05) is 24.3 Å². The van der Waals surface area contributed by atoms with Gasteiger partial charge in [0.1, 0.15) is 16.5 Å². The molecule has 7 nitrogen and oxygen atoms in total. The fourth-order valence-corrected chi connectivity index (χ4v) is 4.41. The van der Waals surface area contributed by atoms with E-state index in [1.54, 1.807) is 38.3 Å². The van der Waals surface area contributed by atoms with Crippen molar-refractivity contribution in [3.8, 4) is 5.75 Å². The van der Waals surface area contributed by atoms with E-state index in [0.717, 1.165) is 5.56 Å². The monoisotopic (exact) mass is 449 g/mol. The number of aromatic nitrogens is 2. The molecule has 164 valence electrons. The highest BCUT2D eigenvalue weighted by Gasteiger charge is 2.48. The predicted molar refractivity (Wildman–Crippen MR) is 123 cm³/mol. The fourth-order valence-electron chi connectivity index (χ4n) is 3.70. The molecule has 3 aromatic rings. The Bertz CT molecular complexity index is 1200. The number of ketones is 1. The summed E-state index contributed by atoms with van der Waals surface area (Å²) in [7, 11) is 1.55. The van der Waals surface area contributed by atoms with E-state index in [0.29, 0.717) is 32.9 Å². The molecule has 1 atom stereocenters. The van der Waals surface area contributed by atoms with Crippen LogP contribution in [0.4, 0.5) is 5.13 Å². The predicted octanol–water partition coefficient (Wildman–Crippen LogP) is 4.60. The van der Waals surface area contributed by atoms with Crippen LogP contribution in [-0.4, -0.2) is 34.1 Å². The molecule has 1 fully saturated rings. The Morgan fingerprint density at radius 3 is 2.25 bits per heavy atom. The summed E-state index contributed by atoms with van der Waals surface area (Å²) in [5.41, 5.74) is 2.27. The summed E-state index contributed by atoms with van der Waals surface area (Å²) in [5, 5.41) is 20.2. The van der Waals surface area contributed by atoms with Crippen molar-refractivity contribution in [3.05, 3.63) is 75.8 Å². The van der Waals surface area contributed by atoms with Crippen molar-refractivity contribution in [1.29, 1.82) is 0 Å². The number of aliphatic hydroxyl groups excluding tert-OH is 1. The number of amides is 1. The third-order valence-corrected chi connectivity index (χ3v) is 6.29. The van der Waals surface area contributed by atoms with Crippen molar-refractivity contribution >= 4 is 33.9 Å². The summed E-state index contributed by atoms with van der Waals surface area (Å²) in [6.07, 6.45) is 0. The highest BCUT2D eigenvalue weighted by molar-refractivity contribution is 7.15. The Labute approximate surface area is 190 Å². The van der Waals surface area contributed by atoms with Crippen LogP contribution >= 0.6 is 11.3 Å². The van der Waals surface area contributed by atoms with Crippen LogP contribution in [0.5, 0.6) is 5.75 Å². The first-order valence-corrected chi connectivity index (χ1v) is 11.0. The third kappa shape index (κ3) is 3.78. The van der Waals surface area contributed by atoms with E-state index < -0.39 is 17.7 Å². The fraction of sp³-hybridized carbons (Fsp3) is 0.250. The molecule has 4 rings (SSSR count). The molecule has 0 saturated carbocycles. The van der Waals surface area contributed by atoms with Gasteiger partial charge in [-0.05, 0) is 48.2 Å². The number of hydrogen-bond acceptors (Lipinski definition) is 7. The van der Waals surface area contributed by atoms with E-state index in [9.17, 15) is 14.7 Å². The zero-order valence-electron chi connectivity index (χ0n) is 18.2.